The molecule has 1 aliphatic heterocycles. The monoisotopic (exact) mass is 465 g/mol. The zero-order valence-electron chi connectivity index (χ0n) is 19.3. The van der Waals surface area contributed by atoms with E-state index in [0.717, 1.165) is 19.3 Å². The first-order valence-electron chi connectivity index (χ1n) is 11.9. The minimum atomic E-state index is -3.48. The van der Waals surface area contributed by atoms with E-state index in [1.807, 2.05) is 24.3 Å². The number of hydrogen-bond acceptors (Lipinski definition) is 5. The van der Waals surface area contributed by atoms with Gasteiger partial charge in [0, 0.05) is 24.9 Å². The van der Waals surface area contributed by atoms with Gasteiger partial charge in [0.15, 0.2) is 5.82 Å². The summed E-state index contributed by atoms with van der Waals surface area (Å²) < 4.78 is 33.8. The van der Waals surface area contributed by atoms with Crippen molar-refractivity contribution in [1.29, 1.82) is 0 Å². The summed E-state index contributed by atoms with van der Waals surface area (Å²) in [5.41, 5.74) is 4.89. The number of aryl methyl sites for hydroxylation is 3. The Morgan fingerprint density at radius 2 is 1.76 bits per heavy atom. The number of fused-ring (bicyclic) bond motifs is 1. The Hall–Kier alpha value is -2.51. The van der Waals surface area contributed by atoms with Crippen molar-refractivity contribution in [3.63, 3.8) is 0 Å². The highest BCUT2D eigenvalue weighted by molar-refractivity contribution is 7.89. The summed E-state index contributed by atoms with van der Waals surface area (Å²) in [4.78, 5) is 5.12. The molecule has 0 saturated carbocycles. The Morgan fingerprint density at radius 3 is 2.52 bits per heavy atom. The van der Waals surface area contributed by atoms with Crippen molar-refractivity contribution in [1.82, 2.24) is 14.4 Å². The molecule has 3 aromatic rings. The lowest BCUT2D eigenvalue weighted by Crippen LogP contribution is -2.38. The molecule has 1 fully saturated rings. The molecular weight excluding hydrogens is 434 g/mol. The minimum Gasteiger partial charge on any atom is -0.339 e. The lowest BCUT2D eigenvalue weighted by atomic mass is 9.92. The van der Waals surface area contributed by atoms with Crippen LogP contribution in [-0.4, -0.2) is 36.0 Å². The highest BCUT2D eigenvalue weighted by atomic mass is 32.2. The van der Waals surface area contributed by atoms with Crippen molar-refractivity contribution in [2.75, 3.05) is 13.1 Å². The van der Waals surface area contributed by atoms with Gasteiger partial charge < -0.3 is 4.52 Å². The zero-order valence-corrected chi connectivity index (χ0v) is 20.1. The number of rotatable bonds is 5. The molecule has 2 aliphatic rings. The summed E-state index contributed by atoms with van der Waals surface area (Å²) in [5.74, 6) is 1.44. The van der Waals surface area contributed by atoms with E-state index in [0.29, 0.717) is 42.5 Å². The molecular formula is C26H31N3O3S. The van der Waals surface area contributed by atoms with Crippen molar-refractivity contribution in [3.8, 4) is 0 Å². The maximum absolute atomic E-state index is 13.3. The van der Waals surface area contributed by atoms with Gasteiger partial charge in [-0.1, -0.05) is 42.4 Å². The van der Waals surface area contributed by atoms with E-state index >= 15 is 0 Å². The molecule has 2 heterocycles. The molecule has 1 atom stereocenters. The fourth-order valence-corrected chi connectivity index (χ4v) is 6.68. The standard InChI is InChI=1S/C26H31N3O3S/c1-18-7-3-6-10-24(18)19(2)25-27-26(32-28-25)21-13-15-29(16-14-21)33(30,31)23-12-11-20-8-4-5-9-22(20)17-23/h3,6-7,10-12,17,19,21H,4-5,8-9,13-16H2,1-2H3. The first kappa shape index (κ1) is 22.3. The fraction of sp³-hybridized carbons (Fsp3) is 0.462. The lowest BCUT2D eigenvalue weighted by Gasteiger charge is -2.30. The number of benzene rings is 2. The summed E-state index contributed by atoms with van der Waals surface area (Å²) in [5, 5.41) is 4.25. The summed E-state index contributed by atoms with van der Waals surface area (Å²) >= 11 is 0. The van der Waals surface area contributed by atoms with Gasteiger partial charge in [-0.05, 0) is 79.8 Å². The van der Waals surface area contributed by atoms with E-state index in [2.05, 4.69) is 31.1 Å². The maximum atomic E-state index is 13.3. The number of nitrogens with zero attached hydrogens (tertiary/aromatic N) is 3. The van der Waals surface area contributed by atoms with E-state index in [4.69, 9.17) is 9.51 Å². The average Bonchev–Trinajstić information content (AvgIpc) is 3.34. The molecule has 6 nitrogen and oxygen atoms in total. The van der Waals surface area contributed by atoms with Crippen molar-refractivity contribution < 1.29 is 12.9 Å². The Balaban J connectivity index is 1.26. The zero-order chi connectivity index (χ0) is 23.0. The second-order valence-corrected chi connectivity index (χ2v) is 11.3. The quantitative estimate of drug-likeness (QED) is 0.531. The largest absolute Gasteiger partial charge is 0.339 e. The normalized spacial score (nSPS) is 18.7. The third-order valence-electron chi connectivity index (χ3n) is 7.26. The molecule has 0 radical (unpaired) electrons. The second kappa shape index (κ2) is 9.03. The van der Waals surface area contributed by atoms with E-state index < -0.39 is 10.0 Å². The van der Waals surface area contributed by atoms with Crippen LogP contribution in [0.5, 0.6) is 0 Å². The molecule has 7 heteroatoms. The summed E-state index contributed by atoms with van der Waals surface area (Å²) in [6, 6.07) is 13.9. The van der Waals surface area contributed by atoms with Gasteiger partial charge >= 0.3 is 0 Å². The minimum absolute atomic E-state index is 0.0492. The van der Waals surface area contributed by atoms with Crippen molar-refractivity contribution in [2.24, 2.45) is 0 Å². The molecule has 2 aromatic carbocycles. The van der Waals surface area contributed by atoms with Gasteiger partial charge in [-0.2, -0.15) is 9.29 Å². The van der Waals surface area contributed by atoms with E-state index in [-0.39, 0.29) is 11.8 Å². The highest BCUT2D eigenvalue weighted by Crippen LogP contribution is 2.33. The van der Waals surface area contributed by atoms with Gasteiger partial charge in [0.05, 0.1) is 4.90 Å². The topological polar surface area (TPSA) is 76.3 Å². The van der Waals surface area contributed by atoms with E-state index in [1.165, 1.54) is 28.7 Å². The first-order chi connectivity index (χ1) is 15.9. The van der Waals surface area contributed by atoms with E-state index in [9.17, 15) is 8.42 Å². The predicted octanol–water partition coefficient (Wildman–Crippen LogP) is 4.98. The number of piperidine rings is 1. The Morgan fingerprint density at radius 1 is 1.03 bits per heavy atom. The molecule has 1 aromatic heterocycles. The average molecular weight is 466 g/mol. The van der Waals surface area contributed by atoms with Crippen molar-refractivity contribution >= 4 is 10.0 Å². The maximum Gasteiger partial charge on any atom is 0.243 e. The third kappa shape index (κ3) is 4.36. The molecule has 0 spiro atoms. The Labute approximate surface area is 196 Å². The molecule has 1 aliphatic carbocycles. The Kier molecular flexibility index (Phi) is 6.10. The van der Waals surface area contributed by atoms with Crippen molar-refractivity contribution in [3.05, 3.63) is 76.4 Å². The van der Waals surface area contributed by atoms with Gasteiger partial charge in [0.25, 0.3) is 0 Å². The fourth-order valence-electron chi connectivity index (χ4n) is 5.16. The summed E-state index contributed by atoms with van der Waals surface area (Å²) in [7, 11) is -3.48. The second-order valence-electron chi connectivity index (χ2n) is 9.39. The van der Waals surface area contributed by atoms with Crippen LogP contribution in [0, 0.1) is 6.92 Å². The molecule has 1 unspecified atom stereocenters. The van der Waals surface area contributed by atoms with Crippen LogP contribution >= 0.6 is 0 Å². The molecule has 33 heavy (non-hydrogen) atoms. The van der Waals surface area contributed by atoms with Gasteiger partial charge in [0.2, 0.25) is 15.9 Å². The molecule has 1 saturated heterocycles. The van der Waals surface area contributed by atoms with Gasteiger partial charge in [-0.15, -0.1) is 0 Å². The summed E-state index contributed by atoms with van der Waals surface area (Å²) in [6.07, 6.45) is 5.72. The molecule has 0 amide bonds. The van der Waals surface area contributed by atoms with E-state index in [1.54, 1.807) is 10.4 Å². The molecule has 0 N–H and O–H groups in total. The first-order valence-corrected chi connectivity index (χ1v) is 13.4. The van der Waals surface area contributed by atoms with Gasteiger partial charge in [-0.3, -0.25) is 0 Å². The lowest BCUT2D eigenvalue weighted by molar-refractivity contribution is 0.270. The van der Waals surface area contributed by atoms with Crippen molar-refractivity contribution in [2.45, 2.75) is 69.1 Å². The van der Waals surface area contributed by atoms with Gasteiger partial charge in [-0.25, -0.2) is 8.42 Å². The molecule has 5 rings (SSSR count). The summed E-state index contributed by atoms with van der Waals surface area (Å²) in [6.45, 7) is 5.11. The van der Waals surface area contributed by atoms with Crippen LogP contribution in [0.4, 0.5) is 0 Å². The van der Waals surface area contributed by atoms with Crippen LogP contribution < -0.4 is 0 Å². The van der Waals surface area contributed by atoms with Crippen LogP contribution in [0.25, 0.3) is 0 Å². The molecule has 174 valence electrons. The van der Waals surface area contributed by atoms with Crippen LogP contribution in [0.2, 0.25) is 0 Å². The van der Waals surface area contributed by atoms with Crippen LogP contribution in [0.3, 0.4) is 0 Å². The number of aromatic nitrogens is 2. The smallest absolute Gasteiger partial charge is 0.243 e. The third-order valence-corrected chi connectivity index (χ3v) is 9.16. The van der Waals surface area contributed by atoms with Crippen LogP contribution in [0.15, 0.2) is 51.9 Å². The Bertz CT molecular complexity index is 1240. The number of sulfonamides is 1. The highest BCUT2D eigenvalue weighted by Gasteiger charge is 2.33. The van der Waals surface area contributed by atoms with Crippen LogP contribution in [-0.2, 0) is 22.9 Å². The predicted molar refractivity (Wildman–Crippen MR) is 127 cm³/mol. The molecule has 0 bridgehead atoms. The van der Waals surface area contributed by atoms with Gasteiger partial charge in [0.1, 0.15) is 0 Å². The van der Waals surface area contributed by atoms with Crippen LogP contribution in [0.1, 0.15) is 78.4 Å². The SMILES string of the molecule is Cc1ccccc1C(C)c1noc(C2CCN(S(=O)(=O)c3ccc4c(c3)CCCC4)CC2)n1. The number of hydrogen-bond donors (Lipinski definition) is 0.